The van der Waals surface area contributed by atoms with Gasteiger partial charge in [0.1, 0.15) is 0 Å². The molecular weight excluding hydrogens is 932 g/mol. The number of halogens is 6. The summed E-state index contributed by atoms with van der Waals surface area (Å²) in [6, 6.07) is 35.1. The number of hydrogen-bond donors (Lipinski definition) is 1. The van der Waals surface area contributed by atoms with E-state index in [1.165, 1.54) is 39.1 Å². The van der Waals surface area contributed by atoms with Crippen molar-refractivity contribution in [2.45, 2.75) is 40.0 Å². The maximum Gasteiger partial charge on any atom is 4.00 e. The van der Waals surface area contributed by atoms with Crippen molar-refractivity contribution in [3.05, 3.63) is 162 Å². The molecule has 0 aliphatic carbocycles. The van der Waals surface area contributed by atoms with Crippen LogP contribution < -0.4 is 25.0 Å². The number of hydrogen-bond acceptors (Lipinski definition) is 4. The van der Waals surface area contributed by atoms with Gasteiger partial charge in [0, 0.05) is 17.1 Å². The second-order valence-corrected chi connectivity index (χ2v) is 14.3. The Labute approximate surface area is 348 Å². The third kappa shape index (κ3) is 8.70. The molecule has 58 heavy (non-hydrogen) atoms. The van der Waals surface area contributed by atoms with Gasteiger partial charge < -0.3 is 25.0 Å². The van der Waals surface area contributed by atoms with Crippen molar-refractivity contribution in [1.29, 1.82) is 0 Å². The van der Waals surface area contributed by atoms with Crippen molar-refractivity contribution < 1.29 is 47.4 Å². The van der Waals surface area contributed by atoms with Gasteiger partial charge in [-0.15, -0.1) is 46.2 Å². The van der Waals surface area contributed by atoms with E-state index in [1.54, 1.807) is 0 Å². The summed E-state index contributed by atoms with van der Waals surface area (Å²) in [6.45, 7) is 12.8. The number of nitrogens with zero attached hydrogens (tertiary/aromatic N) is 4. The number of para-hydroxylation sites is 3. The molecular formula is C46H39F6N5Pt. The molecule has 5 nitrogen and oxygen atoms in total. The molecule has 0 spiro atoms. The van der Waals surface area contributed by atoms with E-state index in [9.17, 15) is 26.3 Å². The van der Waals surface area contributed by atoms with Crippen LogP contribution in [0.4, 0.5) is 54.8 Å². The Morgan fingerprint density at radius 2 is 1.24 bits per heavy atom. The largest absolute Gasteiger partial charge is 4.00 e. The van der Waals surface area contributed by atoms with E-state index in [2.05, 4.69) is 152 Å². The van der Waals surface area contributed by atoms with Crippen molar-refractivity contribution in [3.8, 4) is 11.1 Å². The van der Waals surface area contributed by atoms with Gasteiger partial charge in [0.2, 0.25) is 0 Å². The Morgan fingerprint density at radius 3 is 1.81 bits per heavy atom. The predicted octanol–water partition coefficient (Wildman–Crippen LogP) is 12.7. The van der Waals surface area contributed by atoms with E-state index in [-0.39, 0.29) is 42.9 Å². The molecule has 0 saturated heterocycles. The van der Waals surface area contributed by atoms with Crippen molar-refractivity contribution in [2.75, 3.05) is 34.1 Å². The van der Waals surface area contributed by atoms with Crippen LogP contribution in [0.3, 0.4) is 0 Å². The first-order valence-electron chi connectivity index (χ1n) is 18.1. The molecule has 12 heteroatoms. The minimum Gasteiger partial charge on any atom is -0.657 e. The molecule has 0 radical (unpaired) electrons. The van der Waals surface area contributed by atoms with Crippen LogP contribution in [0, 0.1) is 47.1 Å². The van der Waals surface area contributed by atoms with Crippen LogP contribution in [0.25, 0.3) is 32.9 Å². The molecule has 1 N–H and O–H groups in total. The molecule has 0 amide bonds. The van der Waals surface area contributed by atoms with Crippen LogP contribution >= 0.6 is 0 Å². The summed E-state index contributed by atoms with van der Waals surface area (Å²) >= 11 is 0. The minimum absolute atomic E-state index is 0. The van der Waals surface area contributed by atoms with E-state index in [0.717, 1.165) is 59.1 Å². The van der Waals surface area contributed by atoms with E-state index in [0.29, 0.717) is 0 Å². The Kier molecular flexibility index (Phi) is 12.0. The summed E-state index contributed by atoms with van der Waals surface area (Å²) in [4.78, 5) is 10.5. The number of rotatable bonds is 6. The fraction of sp³-hybridized carbons (Fsp3) is 0.174. The molecule has 1 aliphatic rings. The molecule has 1 aliphatic heterocycles. The first-order valence-corrected chi connectivity index (χ1v) is 18.1. The number of nitrogens with one attached hydrogen (secondary N) is 1. The van der Waals surface area contributed by atoms with Gasteiger partial charge in [-0.05, 0) is 105 Å². The third-order valence-electron chi connectivity index (χ3n) is 9.98. The van der Waals surface area contributed by atoms with Crippen LogP contribution in [0.15, 0.2) is 109 Å². The van der Waals surface area contributed by atoms with Crippen LogP contribution in [0.2, 0.25) is 0 Å². The number of anilines is 5. The Hall–Kier alpha value is -5.41. The van der Waals surface area contributed by atoms with E-state index >= 15 is 0 Å². The second kappa shape index (κ2) is 16.4. The van der Waals surface area contributed by atoms with Crippen LogP contribution in [0.5, 0.6) is 0 Å². The van der Waals surface area contributed by atoms with Gasteiger partial charge in [0.15, 0.2) is 0 Å². The third-order valence-corrected chi connectivity index (χ3v) is 9.98. The van der Waals surface area contributed by atoms with Crippen molar-refractivity contribution >= 4 is 50.2 Å². The molecule has 6 aromatic carbocycles. The van der Waals surface area contributed by atoms with Gasteiger partial charge in [-0.1, -0.05) is 72.3 Å². The summed E-state index contributed by atoms with van der Waals surface area (Å²) in [5.41, 5.74) is 11.6. The molecule has 7 aromatic rings. The first-order chi connectivity index (χ1) is 27.0. The molecule has 0 atom stereocenters. The monoisotopic (exact) mass is 970 g/mol. The average Bonchev–Trinajstić information content (AvgIpc) is 3.70. The van der Waals surface area contributed by atoms with Crippen molar-refractivity contribution in [2.24, 2.45) is 0 Å². The summed E-state index contributed by atoms with van der Waals surface area (Å²) in [5, 5.41) is 3.64. The quantitative estimate of drug-likeness (QED) is 0.133. The van der Waals surface area contributed by atoms with E-state index < -0.39 is 23.5 Å². The molecule has 0 fully saturated rings. The normalized spacial score (nSPS) is 12.6. The number of aromatic nitrogens is 1. The van der Waals surface area contributed by atoms with E-state index in [4.69, 9.17) is 0 Å². The smallest absolute Gasteiger partial charge is 0.657 e. The van der Waals surface area contributed by atoms with Gasteiger partial charge in [0.05, 0.1) is 11.1 Å². The molecule has 0 saturated carbocycles. The van der Waals surface area contributed by atoms with Gasteiger partial charge in [0.25, 0.3) is 0 Å². The summed E-state index contributed by atoms with van der Waals surface area (Å²) in [5.74, 6) is 0. The van der Waals surface area contributed by atoms with Gasteiger partial charge in [-0.2, -0.15) is 39.7 Å². The zero-order valence-corrected chi connectivity index (χ0v) is 34.7. The second-order valence-electron chi connectivity index (χ2n) is 14.3. The van der Waals surface area contributed by atoms with Gasteiger partial charge >= 0.3 is 33.4 Å². The molecule has 0 bridgehead atoms. The molecule has 8 rings (SSSR count). The Balaban J connectivity index is 0.000000220. The summed E-state index contributed by atoms with van der Waals surface area (Å²) in [7, 11) is 4.15. The maximum atomic E-state index is 12.7. The number of aryl methyl sites for hydroxylation is 4. The maximum absolute atomic E-state index is 12.7. The Morgan fingerprint density at radius 1 is 0.690 bits per heavy atom. The fourth-order valence-corrected chi connectivity index (χ4v) is 7.37. The van der Waals surface area contributed by atoms with E-state index in [1.807, 2.05) is 6.67 Å². The van der Waals surface area contributed by atoms with Crippen LogP contribution in [-0.2, 0) is 33.4 Å². The van der Waals surface area contributed by atoms with Crippen LogP contribution in [-0.4, -0.2) is 14.1 Å². The topological polar surface area (TPSA) is 35.9 Å². The number of fused-ring (bicyclic) bond motifs is 4. The fourth-order valence-electron chi connectivity index (χ4n) is 7.37. The zero-order valence-electron chi connectivity index (χ0n) is 32.4. The molecule has 300 valence electrons. The molecule has 2 heterocycles. The molecule has 1 aromatic heterocycles. The standard InChI is InChI=1S/C32H33N4.C14H6F6N.Pt/c1-22-15-24(3)32(25(4)16-22)26-17-27(33-20-34(5)29-12-8-7-11-23(29)2)19-28(18-26)36-21-35(6)30-13-9-10-14-31(30)36;15-13(16,17)7-1-3-11-9(5-7)10-6-8(14(18,19)20)2-4-12(10)21-11;/h7-18,20-21,33H,1-6H3;1-6H;/q-3;-1;+4. The SMILES string of the molecule is Cc1cc(C)c(-c2cc(N[CH-]N(C)c3ccccc3C)[c-]c(N3[CH-]N(C)c4ccccc43)c2)c(C)c1.FC(F)(F)c1ccc2[n-]c3ccc(C(F)(F)F)cc3c2c1.[Pt+4]. The van der Waals surface area contributed by atoms with Gasteiger partial charge in [-0.3, -0.25) is 0 Å². The first kappa shape index (κ1) is 42.2. The van der Waals surface area contributed by atoms with Crippen molar-refractivity contribution in [3.63, 3.8) is 0 Å². The Bertz CT molecular complexity index is 2500. The van der Waals surface area contributed by atoms with Gasteiger partial charge in [-0.25, -0.2) is 0 Å². The number of alkyl halides is 6. The molecule has 0 unspecified atom stereocenters. The predicted molar refractivity (Wildman–Crippen MR) is 218 cm³/mol. The zero-order chi connectivity index (χ0) is 40.8. The minimum atomic E-state index is -4.56. The number of benzene rings is 6. The average molecular weight is 971 g/mol. The summed E-state index contributed by atoms with van der Waals surface area (Å²) < 4.78 is 76.1. The summed E-state index contributed by atoms with van der Waals surface area (Å²) in [6.07, 6.45) is -9.11. The van der Waals surface area contributed by atoms with Crippen molar-refractivity contribution in [1.82, 2.24) is 4.98 Å². The van der Waals surface area contributed by atoms with Crippen LogP contribution in [0.1, 0.15) is 33.4 Å².